The van der Waals surface area contributed by atoms with E-state index >= 15 is 0 Å². The second-order valence-corrected chi connectivity index (χ2v) is 10.2. The smallest absolute Gasteiger partial charge is 0.405 e. The molecule has 0 spiro atoms. The summed E-state index contributed by atoms with van der Waals surface area (Å²) in [6.45, 7) is 4.37. The van der Waals surface area contributed by atoms with Crippen molar-refractivity contribution in [2.24, 2.45) is 11.8 Å². The van der Waals surface area contributed by atoms with Crippen molar-refractivity contribution >= 4 is 40.9 Å². The summed E-state index contributed by atoms with van der Waals surface area (Å²) >= 11 is 0. The third kappa shape index (κ3) is 8.66. The second-order valence-electron chi connectivity index (χ2n) is 10.2. The Morgan fingerprint density at radius 3 is 2.41 bits per heavy atom. The molecule has 5 N–H and O–H groups in total. The third-order valence-corrected chi connectivity index (χ3v) is 6.71. The van der Waals surface area contributed by atoms with Crippen molar-refractivity contribution < 1.29 is 29.1 Å². The molecule has 1 aliphatic rings. The molecule has 2 aromatic carbocycles. The van der Waals surface area contributed by atoms with Crippen molar-refractivity contribution in [3.05, 3.63) is 60.2 Å². The van der Waals surface area contributed by atoms with Crippen molar-refractivity contribution in [3.63, 3.8) is 0 Å². The Morgan fingerprint density at radius 2 is 1.74 bits per heavy atom. The van der Waals surface area contributed by atoms with Crippen LogP contribution in [0.5, 0.6) is 0 Å². The Morgan fingerprint density at radius 1 is 1.03 bits per heavy atom. The van der Waals surface area contributed by atoms with E-state index in [1.54, 1.807) is 0 Å². The molecule has 39 heavy (non-hydrogen) atoms. The molecule has 0 radical (unpaired) electrons. The van der Waals surface area contributed by atoms with Crippen LogP contribution >= 0.6 is 0 Å². The van der Waals surface area contributed by atoms with Gasteiger partial charge in [0.05, 0.1) is 0 Å². The molecule has 1 saturated heterocycles. The number of benzene rings is 2. The number of allylic oxidation sites excluding steroid dienone is 1. The van der Waals surface area contributed by atoms with Gasteiger partial charge in [-0.2, -0.15) is 0 Å². The van der Waals surface area contributed by atoms with E-state index in [1.165, 1.54) is 12.2 Å². The van der Waals surface area contributed by atoms with E-state index in [1.807, 2.05) is 56.3 Å². The van der Waals surface area contributed by atoms with Gasteiger partial charge in [0.15, 0.2) is 0 Å². The summed E-state index contributed by atoms with van der Waals surface area (Å²) in [5.74, 6) is -1.46. The minimum Gasteiger partial charge on any atom is -0.465 e. The molecule has 1 heterocycles. The lowest BCUT2D eigenvalue weighted by Gasteiger charge is -2.26. The van der Waals surface area contributed by atoms with Crippen LogP contribution in [0.25, 0.3) is 10.8 Å². The molecule has 10 heteroatoms. The number of hydrogen-bond acceptors (Lipinski definition) is 5. The van der Waals surface area contributed by atoms with Gasteiger partial charge in [0.1, 0.15) is 18.4 Å². The molecule has 2 aromatic rings. The van der Waals surface area contributed by atoms with Crippen LogP contribution in [0, 0.1) is 11.8 Å². The van der Waals surface area contributed by atoms with Gasteiger partial charge < -0.3 is 26.4 Å². The van der Waals surface area contributed by atoms with Crippen molar-refractivity contribution in [2.45, 2.75) is 57.7 Å². The summed E-state index contributed by atoms with van der Waals surface area (Å²) in [5.41, 5.74) is 0.792. The molecule has 0 aromatic heterocycles. The maximum Gasteiger partial charge on any atom is 0.405 e. The molecule has 1 aliphatic heterocycles. The van der Waals surface area contributed by atoms with Crippen LogP contribution in [0.15, 0.2) is 54.6 Å². The van der Waals surface area contributed by atoms with E-state index in [0.29, 0.717) is 32.1 Å². The summed E-state index contributed by atoms with van der Waals surface area (Å²) in [5, 5.41) is 21.9. The van der Waals surface area contributed by atoms with Gasteiger partial charge in [-0.05, 0) is 47.6 Å². The Bertz CT molecular complexity index is 1220. The van der Waals surface area contributed by atoms with Gasteiger partial charge >= 0.3 is 6.09 Å². The first-order valence-electron chi connectivity index (χ1n) is 13.1. The summed E-state index contributed by atoms with van der Waals surface area (Å²) in [6, 6.07) is 10.6. The quantitative estimate of drug-likeness (QED) is 0.196. The highest BCUT2D eigenvalue weighted by Gasteiger charge is 2.31. The molecule has 0 aliphatic carbocycles. The predicted octanol–water partition coefficient (Wildman–Crippen LogP) is 2.32. The number of amides is 4. The first-order valence-corrected chi connectivity index (χ1v) is 13.1. The molecule has 4 atom stereocenters. The lowest BCUT2D eigenvalue weighted by atomic mass is 9.96. The first kappa shape index (κ1) is 29.3. The summed E-state index contributed by atoms with van der Waals surface area (Å²) in [6.07, 6.45) is 3.38. The van der Waals surface area contributed by atoms with E-state index in [9.17, 15) is 29.1 Å². The maximum absolute atomic E-state index is 13.4. The van der Waals surface area contributed by atoms with Crippen LogP contribution in [-0.2, 0) is 25.6 Å². The third-order valence-electron chi connectivity index (χ3n) is 6.71. The molecular weight excluding hydrogens is 500 g/mol. The largest absolute Gasteiger partial charge is 0.465 e. The number of carbonyl (C=O) groups excluding carboxylic acids is 4. The fourth-order valence-corrected chi connectivity index (χ4v) is 4.85. The fraction of sp³-hybridized carbons (Fsp3) is 0.414. The second kappa shape index (κ2) is 14.1. The van der Waals surface area contributed by atoms with E-state index in [4.69, 9.17) is 0 Å². The van der Waals surface area contributed by atoms with E-state index in [0.717, 1.165) is 16.3 Å². The molecule has 208 valence electrons. The monoisotopic (exact) mass is 536 g/mol. The standard InChI is InChI=1S/C29H36N4O6/c1-18(2)15-24(27(36)31-22(10-6-14-34)16-21-12-13-30-26(21)35)32-28(37)25(33-29(38)39)17-20-9-5-8-19-7-3-4-11-23(19)20/h3-11,14,18,21-22,24-25,33H,12-13,15-17H2,1-2H3,(H,30,35)(H,31,36)(H,32,37)(H,38,39)/b10-6+/t21-,22+,24-,25-/m0/s1. The van der Waals surface area contributed by atoms with Gasteiger partial charge in [0.2, 0.25) is 17.7 Å². The van der Waals surface area contributed by atoms with Crippen molar-refractivity contribution in [1.82, 2.24) is 21.3 Å². The molecule has 3 rings (SSSR count). The summed E-state index contributed by atoms with van der Waals surface area (Å²) in [7, 11) is 0. The van der Waals surface area contributed by atoms with Crippen molar-refractivity contribution in [3.8, 4) is 0 Å². The Balaban J connectivity index is 1.78. The van der Waals surface area contributed by atoms with Gasteiger partial charge in [-0.3, -0.25) is 19.2 Å². The average Bonchev–Trinajstić information content (AvgIpc) is 3.30. The Labute approximate surface area is 227 Å². The number of aldehydes is 1. The highest BCUT2D eigenvalue weighted by atomic mass is 16.4. The number of hydrogen-bond donors (Lipinski definition) is 5. The highest BCUT2D eigenvalue weighted by molar-refractivity contribution is 5.92. The molecule has 0 unspecified atom stereocenters. The molecule has 0 bridgehead atoms. The average molecular weight is 537 g/mol. The van der Waals surface area contributed by atoms with Gasteiger partial charge in [-0.15, -0.1) is 0 Å². The number of rotatable bonds is 13. The predicted molar refractivity (Wildman–Crippen MR) is 147 cm³/mol. The lowest BCUT2D eigenvalue weighted by Crippen LogP contribution is -2.55. The number of nitrogens with one attached hydrogen (secondary N) is 4. The minimum atomic E-state index is -1.35. The van der Waals surface area contributed by atoms with Crippen molar-refractivity contribution in [1.29, 1.82) is 0 Å². The zero-order valence-corrected chi connectivity index (χ0v) is 22.2. The van der Waals surface area contributed by atoms with Gasteiger partial charge in [-0.1, -0.05) is 62.4 Å². The highest BCUT2D eigenvalue weighted by Crippen LogP contribution is 2.20. The van der Waals surface area contributed by atoms with Gasteiger partial charge in [0.25, 0.3) is 0 Å². The van der Waals surface area contributed by atoms with Crippen LogP contribution in [0.3, 0.4) is 0 Å². The zero-order valence-electron chi connectivity index (χ0n) is 22.2. The molecule has 10 nitrogen and oxygen atoms in total. The van der Waals surface area contributed by atoms with E-state index < -0.39 is 36.0 Å². The fourth-order valence-electron chi connectivity index (χ4n) is 4.85. The number of carboxylic acid groups (broad SMARTS) is 1. The molecule has 1 fully saturated rings. The van der Waals surface area contributed by atoms with Crippen LogP contribution in [0.4, 0.5) is 4.79 Å². The van der Waals surface area contributed by atoms with E-state index in [2.05, 4.69) is 21.3 Å². The molecular formula is C29H36N4O6. The molecule has 0 saturated carbocycles. The SMILES string of the molecule is CC(C)C[C@H](NC(=O)[C@H](Cc1cccc2ccccc12)NC(=O)O)C(=O)N[C@H](/C=C/C=O)C[C@@H]1CCNC1=O. The zero-order chi connectivity index (χ0) is 28.4. The summed E-state index contributed by atoms with van der Waals surface area (Å²) in [4.78, 5) is 61.2. The van der Waals surface area contributed by atoms with Crippen molar-refractivity contribution in [2.75, 3.05) is 6.54 Å². The van der Waals surface area contributed by atoms with Crippen LogP contribution in [-0.4, -0.2) is 59.9 Å². The van der Waals surface area contributed by atoms with E-state index in [-0.39, 0.29) is 24.2 Å². The first-order chi connectivity index (χ1) is 18.7. The molecule has 4 amide bonds. The summed E-state index contributed by atoms with van der Waals surface area (Å²) < 4.78 is 0. The lowest BCUT2D eigenvalue weighted by molar-refractivity contribution is -0.130. The topological polar surface area (TPSA) is 154 Å². The van der Waals surface area contributed by atoms with Gasteiger partial charge in [0, 0.05) is 24.9 Å². The number of carbonyl (C=O) groups is 5. The minimum absolute atomic E-state index is 0.0366. The van der Waals surface area contributed by atoms with Crippen LogP contribution in [0.1, 0.15) is 38.7 Å². The van der Waals surface area contributed by atoms with Crippen LogP contribution < -0.4 is 21.3 Å². The number of fused-ring (bicyclic) bond motifs is 1. The Kier molecular flexibility index (Phi) is 10.6. The Hall–Kier alpha value is -4.21. The van der Waals surface area contributed by atoms with Gasteiger partial charge in [-0.25, -0.2) is 4.79 Å². The van der Waals surface area contributed by atoms with Crippen LogP contribution in [0.2, 0.25) is 0 Å². The maximum atomic E-state index is 13.4. The normalized spacial score (nSPS) is 17.4.